The number of carbonyl (C=O) groups is 4. The minimum absolute atomic E-state index is 0.0319. The highest BCUT2D eigenvalue weighted by molar-refractivity contribution is 5.86. The molecule has 0 saturated carbocycles. The molecule has 0 atom stereocenters. The van der Waals surface area contributed by atoms with Gasteiger partial charge in [0.2, 0.25) is 11.8 Å². The molecule has 0 bridgehead atoms. The minimum atomic E-state index is -0.182. The van der Waals surface area contributed by atoms with Crippen LogP contribution in [0.5, 0.6) is 0 Å². The molecule has 2 N–H and O–H groups in total. The Bertz CT molecular complexity index is 353. The Kier molecular flexibility index (Phi) is 10.2. The molecular weight excluding hydrogens is 260 g/mol. The molecule has 0 aliphatic heterocycles. The van der Waals surface area contributed by atoms with E-state index in [1.807, 2.05) is 6.92 Å². The molecule has 0 heterocycles. The van der Waals surface area contributed by atoms with E-state index in [1.54, 1.807) is 0 Å². The Morgan fingerprint density at radius 3 is 1.75 bits per heavy atom. The number of hydrogen-bond acceptors (Lipinski definition) is 4. The second-order valence-electron chi connectivity index (χ2n) is 4.75. The third-order valence-corrected chi connectivity index (χ3v) is 2.60. The summed E-state index contributed by atoms with van der Waals surface area (Å²) in [4.78, 5) is 44.5. The fraction of sp³-hybridized carbons (Fsp3) is 0.714. The zero-order valence-corrected chi connectivity index (χ0v) is 12.3. The van der Waals surface area contributed by atoms with Crippen molar-refractivity contribution >= 4 is 23.4 Å². The smallest absolute Gasteiger partial charge is 0.220 e. The summed E-state index contributed by atoms with van der Waals surface area (Å²) in [6, 6.07) is 0. The molecule has 0 aliphatic rings. The van der Waals surface area contributed by atoms with Crippen LogP contribution in [0.2, 0.25) is 0 Å². The van der Waals surface area contributed by atoms with Crippen LogP contribution >= 0.6 is 0 Å². The molecule has 2 amide bonds. The highest BCUT2D eigenvalue weighted by atomic mass is 16.2. The first-order valence-corrected chi connectivity index (χ1v) is 7.00. The normalized spacial score (nSPS) is 9.90. The lowest BCUT2D eigenvalue weighted by molar-refractivity contribution is -0.125. The average molecular weight is 284 g/mol. The lowest BCUT2D eigenvalue weighted by atomic mass is 10.1. The van der Waals surface area contributed by atoms with E-state index in [2.05, 4.69) is 10.6 Å². The summed E-state index contributed by atoms with van der Waals surface area (Å²) in [6.45, 7) is 3.46. The fourth-order valence-corrected chi connectivity index (χ4v) is 1.54. The van der Waals surface area contributed by atoms with Crippen molar-refractivity contribution in [3.8, 4) is 0 Å². The lowest BCUT2D eigenvalue weighted by Crippen LogP contribution is -2.29. The van der Waals surface area contributed by atoms with E-state index in [9.17, 15) is 19.2 Å². The molecule has 0 aromatic heterocycles. The Morgan fingerprint density at radius 1 is 0.800 bits per heavy atom. The first kappa shape index (κ1) is 18.3. The van der Waals surface area contributed by atoms with Gasteiger partial charge in [-0.1, -0.05) is 6.92 Å². The molecule has 6 heteroatoms. The van der Waals surface area contributed by atoms with Gasteiger partial charge in [-0.15, -0.1) is 0 Å². The maximum atomic E-state index is 11.4. The zero-order valence-electron chi connectivity index (χ0n) is 12.3. The third kappa shape index (κ3) is 11.4. The van der Waals surface area contributed by atoms with Gasteiger partial charge in [-0.3, -0.25) is 19.2 Å². The SMILES string of the molecule is CCCC(=O)CNC(=O)CCCCC(=O)NCC(C)=O. The molecule has 0 fully saturated rings. The molecule has 0 aliphatic carbocycles. The van der Waals surface area contributed by atoms with Crippen molar-refractivity contribution in [3.05, 3.63) is 0 Å². The standard InChI is InChI=1S/C14H24N2O4/c1-3-6-12(18)10-16-14(20)8-5-4-7-13(19)15-9-11(2)17/h3-10H2,1-2H3,(H,15,19)(H,16,20). The van der Waals surface area contributed by atoms with Gasteiger partial charge in [0.25, 0.3) is 0 Å². The maximum Gasteiger partial charge on any atom is 0.220 e. The van der Waals surface area contributed by atoms with Gasteiger partial charge in [0.15, 0.2) is 5.78 Å². The van der Waals surface area contributed by atoms with Gasteiger partial charge >= 0.3 is 0 Å². The van der Waals surface area contributed by atoms with Crippen LogP contribution in [0.25, 0.3) is 0 Å². The van der Waals surface area contributed by atoms with Crippen molar-refractivity contribution in [1.82, 2.24) is 10.6 Å². The van der Waals surface area contributed by atoms with Crippen LogP contribution in [0.3, 0.4) is 0 Å². The van der Waals surface area contributed by atoms with Crippen molar-refractivity contribution < 1.29 is 19.2 Å². The summed E-state index contributed by atoms with van der Waals surface area (Å²) >= 11 is 0. The van der Waals surface area contributed by atoms with E-state index in [-0.39, 0.29) is 36.5 Å². The molecule has 0 radical (unpaired) electrons. The number of carbonyl (C=O) groups excluding carboxylic acids is 4. The summed E-state index contributed by atoms with van der Waals surface area (Å²) in [6.07, 6.45) is 3.04. The first-order chi connectivity index (χ1) is 9.45. The Balaban J connectivity index is 3.54. The lowest BCUT2D eigenvalue weighted by Gasteiger charge is -2.05. The number of unbranched alkanes of at least 4 members (excludes halogenated alkanes) is 1. The maximum absolute atomic E-state index is 11.4. The van der Waals surface area contributed by atoms with Gasteiger partial charge in [-0.05, 0) is 26.2 Å². The summed E-state index contributed by atoms with van der Waals surface area (Å²) in [7, 11) is 0. The van der Waals surface area contributed by atoms with Crippen molar-refractivity contribution in [3.63, 3.8) is 0 Å². The average Bonchev–Trinajstić information content (AvgIpc) is 2.39. The van der Waals surface area contributed by atoms with Crippen LogP contribution in [0, 0.1) is 0 Å². The zero-order chi connectivity index (χ0) is 15.4. The van der Waals surface area contributed by atoms with E-state index < -0.39 is 0 Å². The van der Waals surface area contributed by atoms with Gasteiger partial charge < -0.3 is 10.6 Å². The highest BCUT2D eigenvalue weighted by Gasteiger charge is 2.06. The fourth-order valence-electron chi connectivity index (χ4n) is 1.54. The largest absolute Gasteiger partial charge is 0.349 e. The monoisotopic (exact) mass is 284 g/mol. The third-order valence-electron chi connectivity index (χ3n) is 2.60. The molecule has 6 nitrogen and oxygen atoms in total. The molecule has 114 valence electrons. The van der Waals surface area contributed by atoms with E-state index in [1.165, 1.54) is 6.92 Å². The summed E-state index contributed by atoms with van der Waals surface area (Å²) in [5, 5.41) is 5.05. The second kappa shape index (κ2) is 11.1. The van der Waals surface area contributed by atoms with E-state index in [4.69, 9.17) is 0 Å². The van der Waals surface area contributed by atoms with Crippen LogP contribution in [-0.4, -0.2) is 36.5 Å². The summed E-state index contributed by atoms with van der Waals surface area (Å²) < 4.78 is 0. The van der Waals surface area contributed by atoms with Gasteiger partial charge in [-0.2, -0.15) is 0 Å². The molecule has 0 saturated heterocycles. The van der Waals surface area contributed by atoms with Gasteiger partial charge in [0.05, 0.1) is 13.1 Å². The van der Waals surface area contributed by atoms with Crippen molar-refractivity contribution in [2.45, 2.75) is 52.4 Å². The Morgan fingerprint density at radius 2 is 1.30 bits per heavy atom. The number of hydrogen-bond donors (Lipinski definition) is 2. The van der Waals surface area contributed by atoms with Crippen molar-refractivity contribution in [2.24, 2.45) is 0 Å². The number of nitrogens with one attached hydrogen (secondary N) is 2. The summed E-state index contributed by atoms with van der Waals surface area (Å²) in [5.74, 6) is -0.406. The van der Waals surface area contributed by atoms with Crippen molar-refractivity contribution in [2.75, 3.05) is 13.1 Å². The quantitative estimate of drug-likeness (QED) is 0.547. The van der Waals surface area contributed by atoms with Gasteiger partial charge in [-0.25, -0.2) is 0 Å². The minimum Gasteiger partial charge on any atom is -0.349 e. The van der Waals surface area contributed by atoms with Crippen molar-refractivity contribution in [1.29, 1.82) is 0 Å². The molecule has 0 rings (SSSR count). The number of amides is 2. The predicted octanol–water partition coefficient (Wildman–Crippen LogP) is 0.737. The van der Waals surface area contributed by atoms with Crippen LogP contribution < -0.4 is 10.6 Å². The first-order valence-electron chi connectivity index (χ1n) is 7.00. The highest BCUT2D eigenvalue weighted by Crippen LogP contribution is 2.00. The molecular formula is C14H24N2O4. The number of ketones is 2. The van der Waals surface area contributed by atoms with Crippen LogP contribution in [0.15, 0.2) is 0 Å². The van der Waals surface area contributed by atoms with E-state index in [0.717, 1.165) is 6.42 Å². The second-order valence-corrected chi connectivity index (χ2v) is 4.75. The van der Waals surface area contributed by atoms with E-state index in [0.29, 0.717) is 32.1 Å². The molecule has 0 unspecified atom stereocenters. The predicted molar refractivity (Wildman–Crippen MR) is 75.1 cm³/mol. The Hall–Kier alpha value is -1.72. The van der Waals surface area contributed by atoms with E-state index >= 15 is 0 Å². The molecule has 0 aromatic rings. The summed E-state index contributed by atoms with van der Waals surface area (Å²) in [5.41, 5.74) is 0. The van der Waals surface area contributed by atoms with Crippen LogP contribution in [0.1, 0.15) is 52.4 Å². The topological polar surface area (TPSA) is 92.3 Å². The molecule has 0 aromatic carbocycles. The van der Waals surface area contributed by atoms with Gasteiger partial charge in [0, 0.05) is 19.3 Å². The molecule has 0 spiro atoms. The molecule has 20 heavy (non-hydrogen) atoms. The van der Waals surface area contributed by atoms with Gasteiger partial charge in [0.1, 0.15) is 5.78 Å². The van der Waals surface area contributed by atoms with Crippen LogP contribution in [0.4, 0.5) is 0 Å². The van der Waals surface area contributed by atoms with Crippen LogP contribution in [-0.2, 0) is 19.2 Å². The number of rotatable bonds is 11. The number of Topliss-reactive ketones (excluding diaryl/α,β-unsaturated/α-hetero) is 2. The Labute approximate surface area is 119 Å².